The van der Waals surface area contributed by atoms with Crippen LogP contribution in [-0.2, 0) is 0 Å². The highest BCUT2D eigenvalue weighted by Crippen LogP contribution is 2.29. The van der Waals surface area contributed by atoms with E-state index in [1.165, 1.54) is 11.1 Å². The second-order valence-corrected chi connectivity index (χ2v) is 9.26. The lowest BCUT2D eigenvalue weighted by Crippen LogP contribution is -2.49. The number of carbonyl (C=O) groups excluding carboxylic acids is 2. The van der Waals surface area contributed by atoms with Crippen molar-refractivity contribution in [2.45, 2.75) is 18.9 Å². The molecule has 0 radical (unpaired) electrons. The summed E-state index contributed by atoms with van der Waals surface area (Å²) in [6.45, 7) is 5.46. The first-order valence-corrected chi connectivity index (χ1v) is 12.3. The standard InChI is InChI=1S/C28H32N4O2/c33-26(24-19-25(29-20-24)28(34)32-13-7-8-14-32)21-30-15-17-31(18-16-30)27(22-9-3-1-4-10-22)23-11-5-2-6-12-23/h1-6,9-12,19-20,27,29H,7-8,13-18,21H2. The summed E-state index contributed by atoms with van der Waals surface area (Å²) in [4.78, 5) is 35.1. The van der Waals surface area contributed by atoms with Gasteiger partial charge in [-0.1, -0.05) is 60.7 Å². The van der Waals surface area contributed by atoms with Crippen LogP contribution >= 0.6 is 0 Å². The summed E-state index contributed by atoms with van der Waals surface area (Å²) < 4.78 is 0. The van der Waals surface area contributed by atoms with E-state index in [0.29, 0.717) is 17.8 Å². The van der Waals surface area contributed by atoms with Crippen LogP contribution in [0, 0.1) is 0 Å². The molecule has 0 aliphatic carbocycles. The molecule has 6 heteroatoms. The predicted octanol–water partition coefficient (Wildman–Crippen LogP) is 3.84. The van der Waals surface area contributed by atoms with Crippen molar-refractivity contribution in [3.05, 3.63) is 95.3 Å². The van der Waals surface area contributed by atoms with Crippen LogP contribution in [0.4, 0.5) is 0 Å². The first-order chi connectivity index (χ1) is 16.7. The van der Waals surface area contributed by atoms with Gasteiger partial charge in [-0.3, -0.25) is 19.4 Å². The first-order valence-electron chi connectivity index (χ1n) is 12.3. The quantitative estimate of drug-likeness (QED) is 0.549. The number of hydrogen-bond donors (Lipinski definition) is 1. The number of Topliss-reactive ketones (excluding diaryl/α,β-unsaturated/α-hetero) is 1. The molecule has 0 unspecified atom stereocenters. The van der Waals surface area contributed by atoms with Gasteiger partial charge in [0, 0.05) is 51.0 Å². The number of rotatable bonds is 7. The van der Waals surface area contributed by atoms with E-state index in [2.05, 4.69) is 75.4 Å². The maximum atomic E-state index is 12.9. The molecule has 1 aromatic heterocycles. The number of amides is 1. The molecule has 1 N–H and O–H groups in total. The van der Waals surface area contributed by atoms with E-state index in [9.17, 15) is 9.59 Å². The molecule has 5 rings (SSSR count). The fourth-order valence-electron chi connectivity index (χ4n) is 5.13. The Morgan fingerprint density at radius 2 is 1.38 bits per heavy atom. The summed E-state index contributed by atoms with van der Waals surface area (Å²) in [7, 11) is 0. The number of likely N-dealkylation sites (tertiary alicyclic amines) is 1. The maximum absolute atomic E-state index is 12.9. The Bertz CT molecular complexity index is 1060. The van der Waals surface area contributed by atoms with Gasteiger partial charge < -0.3 is 9.88 Å². The van der Waals surface area contributed by atoms with Gasteiger partial charge >= 0.3 is 0 Å². The first kappa shape index (κ1) is 22.6. The van der Waals surface area contributed by atoms with Crippen LogP contribution in [0.25, 0.3) is 0 Å². The van der Waals surface area contributed by atoms with Crippen LogP contribution < -0.4 is 0 Å². The monoisotopic (exact) mass is 456 g/mol. The molecule has 176 valence electrons. The van der Waals surface area contributed by atoms with E-state index in [-0.39, 0.29) is 17.7 Å². The van der Waals surface area contributed by atoms with Gasteiger partial charge in [0.2, 0.25) is 0 Å². The van der Waals surface area contributed by atoms with Crippen molar-refractivity contribution in [1.82, 2.24) is 19.7 Å². The van der Waals surface area contributed by atoms with Gasteiger partial charge in [-0.2, -0.15) is 0 Å². The molecule has 3 heterocycles. The van der Waals surface area contributed by atoms with Crippen molar-refractivity contribution in [2.75, 3.05) is 45.8 Å². The van der Waals surface area contributed by atoms with Crippen LogP contribution in [-0.4, -0.2) is 77.2 Å². The van der Waals surface area contributed by atoms with Gasteiger partial charge in [-0.25, -0.2) is 0 Å². The van der Waals surface area contributed by atoms with Crippen molar-refractivity contribution >= 4 is 11.7 Å². The lowest BCUT2D eigenvalue weighted by Gasteiger charge is -2.39. The van der Waals surface area contributed by atoms with Crippen LogP contribution in [0.3, 0.4) is 0 Å². The van der Waals surface area contributed by atoms with Gasteiger partial charge in [0.25, 0.3) is 5.91 Å². The van der Waals surface area contributed by atoms with E-state index in [1.807, 2.05) is 4.90 Å². The topological polar surface area (TPSA) is 59.7 Å². The van der Waals surface area contributed by atoms with Gasteiger partial charge in [0.05, 0.1) is 12.6 Å². The van der Waals surface area contributed by atoms with E-state index >= 15 is 0 Å². The molecule has 0 spiro atoms. The predicted molar refractivity (Wildman–Crippen MR) is 133 cm³/mol. The molecule has 2 aliphatic heterocycles. The zero-order chi connectivity index (χ0) is 23.3. The summed E-state index contributed by atoms with van der Waals surface area (Å²) in [5.74, 6) is 0.0610. The minimum absolute atomic E-state index is 0.00182. The van der Waals surface area contributed by atoms with E-state index in [1.54, 1.807) is 12.3 Å². The maximum Gasteiger partial charge on any atom is 0.270 e. The van der Waals surface area contributed by atoms with Crippen LogP contribution in [0.15, 0.2) is 72.9 Å². The number of benzene rings is 2. The average Bonchev–Trinajstić information content (AvgIpc) is 3.59. The molecule has 0 bridgehead atoms. The fraction of sp³-hybridized carbons (Fsp3) is 0.357. The Balaban J connectivity index is 1.20. The summed E-state index contributed by atoms with van der Waals surface area (Å²) in [6.07, 6.45) is 3.79. The number of piperazine rings is 1. The Morgan fingerprint density at radius 3 is 1.97 bits per heavy atom. The van der Waals surface area contributed by atoms with Gasteiger partial charge in [0.15, 0.2) is 5.78 Å². The molecule has 1 amide bonds. The molecule has 6 nitrogen and oxygen atoms in total. The third-order valence-corrected chi connectivity index (χ3v) is 7.00. The number of carbonyl (C=O) groups is 2. The van der Waals surface area contributed by atoms with Crippen molar-refractivity contribution in [3.63, 3.8) is 0 Å². The van der Waals surface area contributed by atoms with Crippen molar-refractivity contribution < 1.29 is 9.59 Å². The number of hydrogen-bond acceptors (Lipinski definition) is 4. The van der Waals surface area contributed by atoms with Crippen molar-refractivity contribution in [1.29, 1.82) is 0 Å². The molecule has 3 aromatic rings. The Labute approximate surface area is 201 Å². The van der Waals surface area contributed by atoms with Gasteiger partial charge in [0.1, 0.15) is 5.69 Å². The van der Waals surface area contributed by atoms with Gasteiger partial charge in [-0.15, -0.1) is 0 Å². The molecule has 2 aromatic carbocycles. The summed E-state index contributed by atoms with van der Waals surface area (Å²) >= 11 is 0. The highest BCUT2D eigenvalue weighted by atomic mass is 16.2. The summed E-state index contributed by atoms with van der Waals surface area (Å²) in [6, 6.07) is 23.2. The largest absolute Gasteiger partial charge is 0.356 e. The number of aromatic amines is 1. The normalized spacial score (nSPS) is 17.4. The zero-order valence-corrected chi connectivity index (χ0v) is 19.5. The van der Waals surface area contributed by atoms with Crippen LogP contribution in [0.5, 0.6) is 0 Å². The van der Waals surface area contributed by atoms with Crippen LogP contribution in [0.2, 0.25) is 0 Å². The smallest absolute Gasteiger partial charge is 0.270 e. The number of nitrogens with zero attached hydrogens (tertiary/aromatic N) is 3. The molecular formula is C28H32N4O2. The number of H-pyrrole nitrogens is 1. The highest BCUT2D eigenvalue weighted by molar-refractivity contribution is 6.01. The molecule has 2 fully saturated rings. The Kier molecular flexibility index (Phi) is 6.88. The minimum Gasteiger partial charge on any atom is -0.356 e. The number of nitrogens with one attached hydrogen (secondary N) is 1. The molecular weight excluding hydrogens is 424 g/mol. The third-order valence-electron chi connectivity index (χ3n) is 7.00. The van der Waals surface area contributed by atoms with Crippen LogP contribution in [0.1, 0.15) is 50.9 Å². The van der Waals surface area contributed by atoms with E-state index in [4.69, 9.17) is 0 Å². The molecule has 0 atom stereocenters. The van der Waals surface area contributed by atoms with Crippen molar-refractivity contribution in [2.24, 2.45) is 0 Å². The average molecular weight is 457 g/mol. The second-order valence-electron chi connectivity index (χ2n) is 9.26. The molecule has 0 saturated carbocycles. The SMILES string of the molecule is O=C(CN1CCN(C(c2ccccc2)c2ccccc2)CC1)c1c[nH]c(C(=O)N2CCCC2)c1. The highest BCUT2D eigenvalue weighted by Gasteiger charge is 2.28. The minimum atomic E-state index is -0.00182. The zero-order valence-electron chi connectivity index (χ0n) is 19.5. The summed E-state index contributed by atoms with van der Waals surface area (Å²) in [5.41, 5.74) is 3.70. The summed E-state index contributed by atoms with van der Waals surface area (Å²) in [5, 5.41) is 0. The lowest BCUT2D eigenvalue weighted by molar-refractivity contribution is 0.0787. The lowest BCUT2D eigenvalue weighted by atomic mass is 9.96. The van der Waals surface area contributed by atoms with E-state index in [0.717, 1.165) is 52.1 Å². The number of ketones is 1. The van der Waals surface area contributed by atoms with E-state index < -0.39 is 0 Å². The van der Waals surface area contributed by atoms with Crippen molar-refractivity contribution in [3.8, 4) is 0 Å². The molecule has 34 heavy (non-hydrogen) atoms. The Morgan fingerprint density at radius 1 is 0.794 bits per heavy atom. The number of aromatic nitrogens is 1. The third kappa shape index (κ3) is 4.98. The Hall–Kier alpha value is -3.22. The van der Waals surface area contributed by atoms with Gasteiger partial charge in [-0.05, 0) is 30.0 Å². The second kappa shape index (κ2) is 10.4. The molecule has 2 saturated heterocycles. The molecule has 2 aliphatic rings. The fourth-order valence-corrected chi connectivity index (χ4v) is 5.13.